The third kappa shape index (κ3) is 1.37. The number of nitro benzene ring substituents is 1. The SMILES string of the molecule is O=CC1(c2c(F)ccc([N+](=O)[O-])c2F)CC1. The number of carbonyl (C=O) groups is 1. The summed E-state index contributed by atoms with van der Waals surface area (Å²) >= 11 is 0. The van der Waals surface area contributed by atoms with Crippen molar-refractivity contribution in [2.24, 2.45) is 0 Å². The highest BCUT2D eigenvalue weighted by Gasteiger charge is 2.49. The summed E-state index contributed by atoms with van der Waals surface area (Å²) in [7, 11) is 0. The van der Waals surface area contributed by atoms with E-state index in [-0.39, 0.29) is 0 Å². The van der Waals surface area contributed by atoms with Crippen LogP contribution in [0.25, 0.3) is 0 Å². The van der Waals surface area contributed by atoms with Crippen molar-refractivity contribution in [3.05, 3.63) is 39.4 Å². The van der Waals surface area contributed by atoms with Gasteiger partial charge in [-0.3, -0.25) is 10.1 Å². The van der Waals surface area contributed by atoms with Crippen LogP contribution in [0.3, 0.4) is 0 Å². The fraction of sp³-hybridized carbons (Fsp3) is 0.300. The first-order valence-electron chi connectivity index (χ1n) is 4.61. The Morgan fingerprint density at radius 2 is 2.00 bits per heavy atom. The van der Waals surface area contributed by atoms with Gasteiger partial charge >= 0.3 is 5.69 Å². The van der Waals surface area contributed by atoms with Crippen LogP contribution in [0.15, 0.2) is 12.1 Å². The smallest absolute Gasteiger partial charge is 0.302 e. The number of rotatable bonds is 3. The van der Waals surface area contributed by atoms with Gasteiger partial charge in [0.05, 0.1) is 10.3 Å². The van der Waals surface area contributed by atoms with Crippen molar-refractivity contribution < 1.29 is 18.5 Å². The van der Waals surface area contributed by atoms with Crippen molar-refractivity contribution in [3.8, 4) is 0 Å². The Morgan fingerprint density at radius 1 is 1.38 bits per heavy atom. The molecule has 0 saturated heterocycles. The average molecular weight is 227 g/mol. The van der Waals surface area contributed by atoms with E-state index in [0.717, 1.165) is 12.1 Å². The molecule has 0 bridgehead atoms. The summed E-state index contributed by atoms with van der Waals surface area (Å²) in [5.41, 5.74) is -2.47. The van der Waals surface area contributed by atoms with Crippen LogP contribution in [0.5, 0.6) is 0 Å². The second kappa shape index (κ2) is 3.33. The molecule has 0 heterocycles. The molecule has 16 heavy (non-hydrogen) atoms. The molecular weight excluding hydrogens is 220 g/mol. The lowest BCUT2D eigenvalue weighted by Gasteiger charge is -2.09. The van der Waals surface area contributed by atoms with Crippen LogP contribution in [0.4, 0.5) is 14.5 Å². The summed E-state index contributed by atoms with van der Waals surface area (Å²) in [5, 5.41) is 10.5. The van der Waals surface area contributed by atoms with Gasteiger partial charge in [0, 0.05) is 11.6 Å². The maximum atomic E-state index is 13.7. The van der Waals surface area contributed by atoms with Gasteiger partial charge in [-0.2, -0.15) is 4.39 Å². The topological polar surface area (TPSA) is 60.2 Å². The van der Waals surface area contributed by atoms with Crippen LogP contribution in [0, 0.1) is 21.7 Å². The van der Waals surface area contributed by atoms with Crippen molar-refractivity contribution in [3.63, 3.8) is 0 Å². The number of nitro groups is 1. The summed E-state index contributed by atoms with van der Waals surface area (Å²) in [6.07, 6.45) is 1.11. The van der Waals surface area contributed by atoms with Gasteiger partial charge < -0.3 is 4.79 Å². The zero-order valence-corrected chi connectivity index (χ0v) is 8.07. The second-order valence-corrected chi connectivity index (χ2v) is 3.79. The van der Waals surface area contributed by atoms with E-state index in [9.17, 15) is 23.7 Å². The molecule has 4 nitrogen and oxygen atoms in total. The minimum absolute atomic E-state index is 0.325. The molecular formula is C10H7F2NO3. The lowest BCUT2D eigenvalue weighted by molar-refractivity contribution is -0.387. The third-order valence-corrected chi connectivity index (χ3v) is 2.78. The number of benzene rings is 1. The molecule has 1 aromatic carbocycles. The molecule has 1 aliphatic carbocycles. The van der Waals surface area contributed by atoms with Gasteiger partial charge in [-0.25, -0.2) is 4.39 Å². The maximum Gasteiger partial charge on any atom is 0.305 e. The highest BCUT2D eigenvalue weighted by Crippen LogP contribution is 2.49. The van der Waals surface area contributed by atoms with E-state index in [4.69, 9.17) is 0 Å². The quantitative estimate of drug-likeness (QED) is 0.451. The molecule has 0 N–H and O–H groups in total. The fourth-order valence-electron chi connectivity index (χ4n) is 1.70. The fourth-order valence-corrected chi connectivity index (χ4v) is 1.70. The van der Waals surface area contributed by atoms with Gasteiger partial charge in [-0.1, -0.05) is 0 Å². The monoisotopic (exact) mass is 227 g/mol. The van der Waals surface area contributed by atoms with E-state index in [1.165, 1.54) is 0 Å². The number of aldehydes is 1. The van der Waals surface area contributed by atoms with Crippen molar-refractivity contribution in [1.29, 1.82) is 0 Å². The summed E-state index contributed by atoms with van der Waals surface area (Å²) in [6, 6.07) is 1.58. The normalized spacial score (nSPS) is 16.9. The Balaban J connectivity index is 2.64. The van der Waals surface area contributed by atoms with Crippen LogP contribution in [-0.2, 0) is 10.2 Å². The van der Waals surface area contributed by atoms with E-state index in [1.54, 1.807) is 0 Å². The van der Waals surface area contributed by atoms with Gasteiger partial charge in [0.25, 0.3) is 0 Å². The molecule has 2 rings (SSSR count). The molecule has 0 amide bonds. The van der Waals surface area contributed by atoms with Gasteiger partial charge in [0.1, 0.15) is 12.1 Å². The molecule has 0 atom stereocenters. The van der Waals surface area contributed by atoms with Crippen LogP contribution < -0.4 is 0 Å². The maximum absolute atomic E-state index is 13.7. The molecule has 0 radical (unpaired) electrons. The van der Waals surface area contributed by atoms with E-state index in [0.29, 0.717) is 19.1 Å². The molecule has 1 saturated carbocycles. The molecule has 6 heteroatoms. The molecule has 84 valence electrons. The molecule has 1 aliphatic rings. The third-order valence-electron chi connectivity index (χ3n) is 2.78. The number of nitrogens with zero attached hydrogens (tertiary/aromatic N) is 1. The zero-order chi connectivity index (χ0) is 11.9. The van der Waals surface area contributed by atoms with E-state index >= 15 is 0 Å². The Kier molecular flexibility index (Phi) is 2.22. The summed E-state index contributed by atoms with van der Waals surface area (Å²) in [4.78, 5) is 20.3. The number of hydrogen-bond acceptors (Lipinski definition) is 3. The van der Waals surface area contributed by atoms with Gasteiger partial charge in [-0.15, -0.1) is 0 Å². The van der Waals surface area contributed by atoms with E-state index in [2.05, 4.69) is 0 Å². The van der Waals surface area contributed by atoms with Crippen LogP contribution in [-0.4, -0.2) is 11.2 Å². The number of halogens is 2. The van der Waals surface area contributed by atoms with Crippen molar-refractivity contribution in [2.45, 2.75) is 18.3 Å². The van der Waals surface area contributed by atoms with Crippen molar-refractivity contribution >= 4 is 12.0 Å². The van der Waals surface area contributed by atoms with Crippen LogP contribution in [0.2, 0.25) is 0 Å². The highest BCUT2D eigenvalue weighted by molar-refractivity contribution is 5.74. The van der Waals surface area contributed by atoms with Crippen LogP contribution >= 0.6 is 0 Å². The lowest BCUT2D eigenvalue weighted by Crippen LogP contribution is -2.14. The molecule has 1 aromatic rings. The largest absolute Gasteiger partial charge is 0.305 e. The molecule has 0 unspecified atom stereocenters. The molecule has 0 aliphatic heterocycles. The minimum Gasteiger partial charge on any atom is -0.302 e. The van der Waals surface area contributed by atoms with Gasteiger partial charge in [-0.05, 0) is 18.9 Å². The predicted molar refractivity (Wildman–Crippen MR) is 50.0 cm³/mol. The standard InChI is InChI=1S/C10H7F2NO3/c11-6-1-2-7(13(15)16)9(12)8(6)10(5-14)3-4-10/h1-2,5H,3-4H2. The highest BCUT2D eigenvalue weighted by atomic mass is 19.1. The Labute approximate surface area is 89.0 Å². The molecule has 1 fully saturated rings. The second-order valence-electron chi connectivity index (χ2n) is 3.79. The average Bonchev–Trinajstić information content (AvgIpc) is 2.98. The number of carbonyl (C=O) groups excluding carboxylic acids is 1. The van der Waals surface area contributed by atoms with Crippen molar-refractivity contribution in [2.75, 3.05) is 0 Å². The summed E-state index contributed by atoms with van der Waals surface area (Å²) in [6.45, 7) is 0. The Morgan fingerprint density at radius 3 is 2.44 bits per heavy atom. The lowest BCUT2D eigenvalue weighted by atomic mass is 9.96. The molecule has 0 aromatic heterocycles. The van der Waals surface area contributed by atoms with Crippen molar-refractivity contribution in [1.82, 2.24) is 0 Å². The Hall–Kier alpha value is -1.85. The van der Waals surface area contributed by atoms with Gasteiger partial charge in [0.15, 0.2) is 0 Å². The van der Waals surface area contributed by atoms with Gasteiger partial charge in [0.2, 0.25) is 5.82 Å². The zero-order valence-electron chi connectivity index (χ0n) is 8.07. The minimum atomic E-state index is -1.24. The predicted octanol–water partition coefficient (Wildman–Crippen LogP) is 2.10. The number of hydrogen-bond donors (Lipinski definition) is 0. The van der Waals surface area contributed by atoms with E-state index < -0.39 is 33.2 Å². The van der Waals surface area contributed by atoms with Crippen LogP contribution in [0.1, 0.15) is 18.4 Å². The summed E-state index contributed by atoms with van der Waals surface area (Å²) < 4.78 is 27.1. The first kappa shape index (κ1) is 10.7. The van der Waals surface area contributed by atoms with E-state index in [1.807, 2.05) is 0 Å². The Bertz CT molecular complexity index is 483. The molecule has 0 spiro atoms. The first-order valence-corrected chi connectivity index (χ1v) is 4.61. The first-order chi connectivity index (χ1) is 7.52. The summed E-state index contributed by atoms with van der Waals surface area (Å²) in [5.74, 6) is -2.15.